The summed E-state index contributed by atoms with van der Waals surface area (Å²) in [7, 11) is 0. The summed E-state index contributed by atoms with van der Waals surface area (Å²) >= 11 is 0. The van der Waals surface area contributed by atoms with Gasteiger partial charge in [-0.25, -0.2) is 4.79 Å². The van der Waals surface area contributed by atoms with Crippen LogP contribution in [-0.4, -0.2) is 100 Å². The monoisotopic (exact) mass is 536 g/mol. The van der Waals surface area contributed by atoms with Gasteiger partial charge in [-0.3, -0.25) is 0 Å². The van der Waals surface area contributed by atoms with Crippen LogP contribution in [0.5, 0.6) is 0 Å². The van der Waals surface area contributed by atoms with Crippen molar-refractivity contribution in [1.29, 1.82) is 0 Å². The first-order chi connectivity index (χ1) is 18.2. The molecule has 210 valence electrons. The maximum Gasteiger partial charge on any atom is 0.338 e. The molecule has 0 amide bonds. The van der Waals surface area contributed by atoms with Gasteiger partial charge in [-0.1, -0.05) is 31.5 Å². The lowest BCUT2D eigenvalue weighted by molar-refractivity contribution is -0.430. The lowest BCUT2D eigenvalue weighted by Gasteiger charge is -2.68. The van der Waals surface area contributed by atoms with Gasteiger partial charge in [0.2, 0.25) is 0 Å². The van der Waals surface area contributed by atoms with Gasteiger partial charge in [0.15, 0.2) is 18.4 Å². The molecule has 8 rings (SSSR count). The number of ether oxygens (including phenoxy) is 6. The number of unbranched alkanes of at least 4 members (excludes halogenated alkanes) is 1. The first-order valence-corrected chi connectivity index (χ1v) is 13.4. The first-order valence-electron chi connectivity index (χ1n) is 13.4. The van der Waals surface area contributed by atoms with Gasteiger partial charge in [0.1, 0.15) is 42.2 Å². The van der Waals surface area contributed by atoms with E-state index < -0.39 is 72.0 Å². The number of carbonyl (C=O) groups is 1. The second-order valence-corrected chi connectivity index (χ2v) is 11.4. The van der Waals surface area contributed by atoms with Crippen molar-refractivity contribution < 1.29 is 53.6 Å². The minimum absolute atomic E-state index is 0.0814. The van der Waals surface area contributed by atoms with E-state index in [0.29, 0.717) is 25.0 Å². The Morgan fingerprint density at radius 1 is 1.11 bits per heavy atom. The third-order valence-electron chi connectivity index (χ3n) is 9.39. The molecule has 4 N–H and O–H groups in total. The zero-order valence-corrected chi connectivity index (χ0v) is 21.5. The van der Waals surface area contributed by atoms with Gasteiger partial charge in [0.05, 0.1) is 24.2 Å². The van der Waals surface area contributed by atoms with Crippen molar-refractivity contribution in [3.05, 3.63) is 35.9 Å². The predicted molar refractivity (Wildman–Crippen MR) is 127 cm³/mol. The van der Waals surface area contributed by atoms with Crippen molar-refractivity contribution in [1.82, 2.24) is 0 Å². The smallest absolute Gasteiger partial charge is 0.338 e. The molecule has 0 aromatic heterocycles. The van der Waals surface area contributed by atoms with Gasteiger partial charge in [-0.2, -0.15) is 0 Å². The molecule has 3 saturated carbocycles. The summed E-state index contributed by atoms with van der Waals surface area (Å²) in [5, 5.41) is 41.0. The molecule has 11 atom stereocenters. The molecule has 11 nitrogen and oxygen atoms in total. The van der Waals surface area contributed by atoms with Crippen molar-refractivity contribution in [3.8, 4) is 0 Å². The van der Waals surface area contributed by atoms with E-state index in [-0.39, 0.29) is 12.5 Å². The fraction of sp³-hybridized carbons (Fsp3) is 0.741. The van der Waals surface area contributed by atoms with E-state index in [9.17, 15) is 25.2 Å². The van der Waals surface area contributed by atoms with E-state index in [1.807, 2.05) is 13.0 Å². The molecule has 7 aliphatic rings. The maximum absolute atomic E-state index is 12.9. The second kappa shape index (κ2) is 9.18. The Kier molecular flexibility index (Phi) is 6.42. The highest BCUT2D eigenvalue weighted by molar-refractivity contribution is 5.89. The highest BCUT2D eigenvalue weighted by Gasteiger charge is 2.95. The minimum Gasteiger partial charge on any atom is -0.461 e. The Morgan fingerprint density at radius 2 is 1.87 bits per heavy atom. The summed E-state index contributed by atoms with van der Waals surface area (Å²) in [4.78, 5) is 12.9. The average molecular weight is 537 g/mol. The second-order valence-electron chi connectivity index (χ2n) is 11.4. The van der Waals surface area contributed by atoms with E-state index in [2.05, 4.69) is 6.92 Å². The summed E-state index contributed by atoms with van der Waals surface area (Å²) in [5.74, 6) is -1.65. The number of esters is 1. The molecule has 7 fully saturated rings. The van der Waals surface area contributed by atoms with Crippen LogP contribution in [0.15, 0.2) is 30.3 Å². The number of aliphatic hydroxyl groups excluding tert-OH is 4. The van der Waals surface area contributed by atoms with Crippen LogP contribution >= 0.6 is 0 Å². The van der Waals surface area contributed by atoms with Gasteiger partial charge in [0.25, 0.3) is 0 Å². The molecule has 1 aromatic rings. The van der Waals surface area contributed by atoms with Crippen molar-refractivity contribution in [2.45, 2.75) is 93.5 Å². The molecule has 4 aliphatic heterocycles. The van der Waals surface area contributed by atoms with Crippen molar-refractivity contribution in [3.63, 3.8) is 0 Å². The fourth-order valence-corrected chi connectivity index (χ4v) is 7.42. The highest BCUT2D eigenvalue weighted by atomic mass is 16.8. The Balaban J connectivity index is 1.32. The van der Waals surface area contributed by atoms with Crippen LogP contribution < -0.4 is 0 Å². The van der Waals surface area contributed by atoms with Crippen molar-refractivity contribution in [2.75, 3.05) is 19.8 Å². The summed E-state index contributed by atoms with van der Waals surface area (Å²) in [6.07, 6.45) is -5.37. The van der Waals surface area contributed by atoms with Crippen LogP contribution in [0.3, 0.4) is 0 Å². The molecule has 4 heterocycles. The molecule has 38 heavy (non-hydrogen) atoms. The van der Waals surface area contributed by atoms with Crippen molar-refractivity contribution >= 4 is 5.97 Å². The van der Waals surface area contributed by atoms with Crippen molar-refractivity contribution in [2.24, 2.45) is 11.3 Å². The number of hydrogen-bond donors (Lipinski definition) is 4. The highest BCUT2D eigenvalue weighted by Crippen LogP contribution is 2.82. The van der Waals surface area contributed by atoms with Crippen LogP contribution in [0.25, 0.3) is 0 Å². The normalized spacial score (nSPS) is 48.2. The number of benzene rings is 1. The minimum atomic E-state index is -1.59. The molecule has 11 heteroatoms. The summed E-state index contributed by atoms with van der Waals surface area (Å²) < 4.78 is 37.3. The van der Waals surface area contributed by atoms with Crippen LogP contribution in [0.4, 0.5) is 0 Å². The molecular weight excluding hydrogens is 500 g/mol. The first kappa shape index (κ1) is 26.5. The van der Waals surface area contributed by atoms with Gasteiger partial charge in [-0.15, -0.1) is 0 Å². The molecule has 0 spiro atoms. The topological polar surface area (TPSA) is 153 Å². The van der Waals surface area contributed by atoms with Crippen LogP contribution in [0, 0.1) is 11.3 Å². The van der Waals surface area contributed by atoms with E-state index >= 15 is 0 Å². The molecule has 0 unspecified atom stereocenters. The Bertz CT molecular complexity index is 1050. The van der Waals surface area contributed by atoms with Gasteiger partial charge < -0.3 is 48.8 Å². The molecule has 1 aromatic carbocycles. The predicted octanol–water partition coefficient (Wildman–Crippen LogP) is 0.467. The largest absolute Gasteiger partial charge is 0.461 e. The molecule has 6 bridgehead atoms. The zero-order valence-electron chi connectivity index (χ0n) is 21.5. The fourth-order valence-electron chi connectivity index (χ4n) is 7.42. The number of hydrogen-bond acceptors (Lipinski definition) is 11. The number of rotatable bonds is 10. The summed E-state index contributed by atoms with van der Waals surface area (Å²) in [6, 6.07) is 8.66. The maximum atomic E-state index is 12.9. The Labute approximate surface area is 220 Å². The lowest BCUT2D eigenvalue weighted by Crippen LogP contribution is -2.81. The van der Waals surface area contributed by atoms with Gasteiger partial charge in [-0.05, 0) is 31.9 Å². The Morgan fingerprint density at radius 3 is 2.58 bits per heavy atom. The van der Waals surface area contributed by atoms with Crippen LogP contribution in [0.1, 0.15) is 49.9 Å². The van der Waals surface area contributed by atoms with E-state index in [1.165, 1.54) is 0 Å². The van der Waals surface area contributed by atoms with E-state index in [4.69, 9.17) is 28.4 Å². The van der Waals surface area contributed by atoms with Crippen LogP contribution in [-0.2, 0) is 28.4 Å². The average Bonchev–Trinajstić information content (AvgIpc) is 3.11. The van der Waals surface area contributed by atoms with E-state index in [0.717, 1.165) is 12.8 Å². The number of carbonyl (C=O) groups excluding carboxylic acids is 1. The zero-order chi connectivity index (χ0) is 26.9. The van der Waals surface area contributed by atoms with Gasteiger partial charge >= 0.3 is 5.97 Å². The van der Waals surface area contributed by atoms with Crippen LogP contribution in [0.2, 0.25) is 0 Å². The molecular formula is C27H36O11. The standard InChI is InChI=1S/C27H36O11/c1-3-4-10-34-26-13-24(2)27(36-22-20(31)19(30)18(29)16(12-28)35-22)11-17(26)25(27,23(37-24)38-26)14-33-21(32)15-8-6-5-7-9-15/h5-9,16-20,22-23,28-31H,3-4,10-14H2,1-2H3/t16-,17-,18-,19+,20-,22+,23-,24+,25+,26-,27+/m1/s1. The van der Waals surface area contributed by atoms with Gasteiger partial charge in [0, 0.05) is 12.3 Å². The lowest BCUT2D eigenvalue weighted by atomic mass is 9.41. The molecule has 0 radical (unpaired) electrons. The molecule has 3 aliphatic carbocycles. The SMILES string of the molecule is CCCCO[C@]12C[C@]3(C)O[C@H](O1)[C@]1(COC(=O)c4ccccc4)[C@H]2C[C@@]13O[C@@H]1O[C@H](CO)[C@@H](O)[C@H](O)[C@H]1O. The molecule has 4 saturated heterocycles. The third kappa shape index (κ3) is 3.37. The summed E-state index contributed by atoms with van der Waals surface area (Å²) in [6.45, 7) is 3.82. The third-order valence-corrected chi connectivity index (χ3v) is 9.39. The van der Waals surface area contributed by atoms with E-state index in [1.54, 1.807) is 24.3 Å². The summed E-state index contributed by atoms with van der Waals surface area (Å²) in [5.41, 5.74) is -2.63. The Hall–Kier alpha value is -1.67. The quantitative estimate of drug-likeness (QED) is 0.244. The number of aliphatic hydroxyl groups is 4.